The van der Waals surface area contributed by atoms with Gasteiger partial charge >= 0.3 is 0 Å². The highest BCUT2D eigenvalue weighted by Crippen LogP contribution is 2.38. The zero-order chi connectivity index (χ0) is 28.9. The number of fused-ring (bicyclic) bond motifs is 1. The molecular formula is C40H34N2. The van der Waals surface area contributed by atoms with Gasteiger partial charge in [0.2, 0.25) is 0 Å². The van der Waals surface area contributed by atoms with Crippen molar-refractivity contribution in [2.45, 2.75) is 26.2 Å². The first-order valence-electron chi connectivity index (χ1n) is 14.4. The fourth-order valence-electron chi connectivity index (χ4n) is 5.35. The van der Waals surface area contributed by atoms with Gasteiger partial charge in [-0.25, -0.2) is 4.98 Å². The SMILES string of the molecule is CC(C)(C)c1ccc(C(=C(c2ccccc2)c2cc(C=Cc3ccncc3)c3ccccc3n2)c2ccccc2)cc1. The van der Waals surface area contributed by atoms with E-state index in [0.717, 1.165) is 55.6 Å². The molecule has 0 atom stereocenters. The van der Waals surface area contributed by atoms with Crippen LogP contribution in [0.1, 0.15) is 59.8 Å². The van der Waals surface area contributed by atoms with Crippen molar-refractivity contribution in [1.29, 1.82) is 0 Å². The molecule has 0 N–H and O–H groups in total. The van der Waals surface area contributed by atoms with E-state index in [9.17, 15) is 0 Å². The minimum Gasteiger partial charge on any atom is -0.265 e. The summed E-state index contributed by atoms with van der Waals surface area (Å²) in [6.07, 6.45) is 7.97. The van der Waals surface area contributed by atoms with Crippen LogP contribution >= 0.6 is 0 Å². The molecule has 0 fully saturated rings. The number of benzene rings is 4. The molecule has 42 heavy (non-hydrogen) atoms. The van der Waals surface area contributed by atoms with E-state index < -0.39 is 0 Å². The third kappa shape index (κ3) is 5.84. The molecule has 0 spiro atoms. The van der Waals surface area contributed by atoms with Gasteiger partial charge in [-0.15, -0.1) is 0 Å². The first kappa shape index (κ1) is 27.1. The molecule has 0 saturated carbocycles. The zero-order valence-corrected chi connectivity index (χ0v) is 24.3. The third-order valence-electron chi connectivity index (χ3n) is 7.58. The highest BCUT2D eigenvalue weighted by atomic mass is 14.7. The lowest BCUT2D eigenvalue weighted by Gasteiger charge is -2.21. The summed E-state index contributed by atoms with van der Waals surface area (Å²) in [5.74, 6) is 0. The van der Waals surface area contributed by atoms with Crippen molar-refractivity contribution >= 4 is 34.2 Å². The van der Waals surface area contributed by atoms with E-state index in [0.29, 0.717) is 0 Å². The molecule has 2 heteroatoms. The molecule has 0 amide bonds. The highest BCUT2D eigenvalue weighted by Gasteiger charge is 2.20. The molecule has 0 saturated heterocycles. The van der Waals surface area contributed by atoms with Crippen LogP contribution < -0.4 is 0 Å². The van der Waals surface area contributed by atoms with Gasteiger partial charge in [0, 0.05) is 23.4 Å². The quantitative estimate of drug-likeness (QED) is 0.196. The summed E-state index contributed by atoms with van der Waals surface area (Å²) in [5.41, 5.74) is 11.2. The summed E-state index contributed by atoms with van der Waals surface area (Å²) in [6.45, 7) is 6.77. The monoisotopic (exact) mass is 542 g/mol. The lowest BCUT2D eigenvalue weighted by molar-refractivity contribution is 0.590. The van der Waals surface area contributed by atoms with Gasteiger partial charge in [-0.3, -0.25) is 4.98 Å². The van der Waals surface area contributed by atoms with Crippen molar-refractivity contribution < 1.29 is 0 Å². The van der Waals surface area contributed by atoms with Crippen LogP contribution in [0.5, 0.6) is 0 Å². The topological polar surface area (TPSA) is 25.8 Å². The molecule has 204 valence electrons. The number of para-hydroxylation sites is 1. The Bertz CT molecular complexity index is 1860. The van der Waals surface area contributed by atoms with Crippen molar-refractivity contribution in [3.05, 3.63) is 179 Å². The first-order valence-corrected chi connectivity index (χ1v) is 14.4. The van der Waals surface area contributed by atoms with Gasteiger partial charge in [-0.1, -0.05) is 136 Å². The highest BCUT2D eigenvalue weighted by molar-refractivity contribution is 6.05. The molecule has 0 radical (unpaired) electrons. The van der Waals surface area contributed by atoms with Gasteiger partial charge in [-0.05, 0) is 68.6 Å². The lowest BCUT2D eigenvalue weighted by Crippen LogP contribution is -2.10. The van der Waals surface area contributed by atoms with Crippen molar-refractivity contribution in [3.63, 3.8) is 0 Å². The number of rotatable bonds is 6. The van der Waals surface area contributed by atoms with Crippen LogP contribution in [-0.2, 0) is 5.41 Å². The molecule has 6 aromatic rings. The summed E-state index contributed by atoms with van der Waals surface area (Å²) in [7, 11) is 0. The Morgan fingerprint density at radius 3 is 1.79 bits per heavy atom. The van der Waals surface area contributed by atoms with Crippen molar-refractivity contribution in [2.75, 3.05) is 0 Å². The largest absolute Gasteiger partial charge is 0.265 e. The molecule has 2 nitrogen and oxygen atoms in total. The molecule has 2 aromatic heterocycles. The summed E-state index contributed by atoms with van der Waals surface area (Å²) >= 11 is 0. The van der Waals surface area contributed by atoms with Crippen LogP contribution in [0.25, 0.3) is 34.2 Å². The third-order valence-corrected chi connectivity index (χ3v) is 7.58. The van der Waals surface area contributed by atoms with E-state index in [4.69, 9.17) is 4.98 Å². The van der Waals surface area contributed by atoms with Crippen LogP contribution in [0.15, 0.2) is 140 Å². The fraction of sp³-hybridized carbons (Fsp3) is 0.100. The van der Waals surface area contributed by atoms with Crippen LogP contribution in [0.2, 0.25) is 0 Å². The Kier molecular flexibility index (Phi) is 7.62. The van der Waals surface area contributed by atoms with E-state index in [1.54, 1.807) is 0 Å². The Morgan fingerprint density at radius 2 is 1.14 bits per heavy atom. The van der Waals surface area contributed by atoms with Gasteiger partial charge in [0.1, 0.15) is 0 Å². The Labute approximate surface area is 248 Å². The van der Waals surface area contributed by atoms with Crippen LogP contribution in [0, 0.1) is 0 Å². The molecule has 6 rings (SSSR count). The molecule has 0 aliphatic heterocycles. The summed E-state index contributed by atoms with van der Waals surface area (Å²) in [4.78, 5) is 9.46. The number of pyridine rings is 2. The minimum absolute atomic E-state index is 0.0768. The first-order chi connectivity index (χ1) is 20.5. The summed E-state index contributed by atoms with van der Waals surface area (Å²) in [6, 6.07) is 45.0. The molecule has 0 unspecified atom stereocenters. The zero-order valence-electron chi connectivity index (χ0n) is 24.3. The van der Waals surface area contributed by atoms with E-state index in [1.165, 1.54) is 5.56 Å². The van der Waals surface area contributed by atoms with Gasteiger partial charge < -0.3 is 0 Å². The lowest BCUT2D eigenvalue weighted by atomic mass is 9.83. The average Bonchev–Trinajstić information content (AvgIpc) is 3.03. The smallest absolute Gasteiger partial charge is 0.0728 e. The summed E-state index contributed by atoms with van der Waals surface area (Å²) in [5, 5.41) is 1.12. The average molecular weight is 543 g/mol. The van der Waals surface area contributed by atoms with Gasteiger partial charge in [0.15, 0.2) is 0 Å². The second-order valence-corrected chi connectivity index (χ2v) is 11.5. The number of nitrogens with zero attached hydrogens (tertiary/aromatic N) is 2. The minimum atomic E-state index is 0.0768. The molecule has 0 bridgehead atoms. The van der Waals surface area contributed by atoms with Gasteiger partial charge in [-0.2, -0.15) is 0 Å². The second kappa shape index (κ2) is 11.8. The maximum absolute atomic E-state index is 5.29. The van der Waals surface area contributed by atoms with Crippen molar-refractivity contribution in [1.82, 2.24) is 9.97 Å². The van der Waals surface area contributed by atoms with Crippen LogP contribution in [0.4, 0.5) is 0 Å². The molecule has 4 aromatic carbocycles. The number of hydrogen-bond donors (Lipinski definition) is 0. The number of aromatic nitrogens is 2. The maximum Gasteiger partial charge on any atom is 0.0728 e. The van der Waals surface area contributed by atoms with E-state index >= 15 is 0 Å². The molecular weight excluding hydrogens is 508 g/mol. The molecule has 2 heterocycles. The maximum atomic E-state index is 5.29. The van der Waals surface area contributed by atoms with Gasteiger partial charge in [0.05, 0.1) is 11.2 Å². The van der Waals surface area contributed by atoms with Crippen LogP contribution in [0.3, 0.4) is 0 Å². The molecule has 0 aliphatic carbocycles. The molecule has 0 aliphatic rings. The van der Waals surface area contributed by atoms with Gasteiger partial charge in [0.25, 0.3) is 0 Å². The summed E-state index contributed by atoms with van der Waals surface area (Å²) < 4.78 is 0. The Morgan fingerprint density at radius 1 is 0.571 bits per heavy atom. The van der Waals surface area contributed by atoms with Crippen molar-refractivity contribution in [2.24, 2.45) is 0 Å². The second-order valence-electron chi connectivity index (χ2n) is 11.5. The predicted octanol–water partition coefficient (Wildman–Crippen LogP) is 10.1. The van der Waals surface area contributed by atoms with Crippen molar-refractivity contribution in [3.8, 4) is 0 Å². The standard InChI is InChI=1S/C40H34N2/c1-40(2,3)34-22-20-32(21-23-34)38(30-12-6-4-7-13-30)39(31-14-8-5-9-15-31)37-28-33(19-18-29-24-26-41-27-25-29)35-16-10-11-17-36(35)42-37/h4-28H,1-3H3. The normalized spacial score (nSPS) is 12.5. The number of hydrogen-bond acceptors (Lipinski definition) is 2. The van der Waals surface area contributed by atoms with Crippen LogP contribution in [-0.4, -0.2) is 9.97 Å². The van der Waals surface area contributed by atoms with E-state index in [2.05, 4.69) is 153 Å². The Hall–Kier alpha value is -5.08. The predicted molar refractivity (Wildman–Crippen MR) is 178 cm³/mol. The van der Waals surface area contributed by atoms with E-state index in [1.807, 2.05) is 24.5 Å². The fourth-order valence-corrected chi connectivity index (χ4v) is 5.35. The van der Waals surface area contributed by atoms with E-state index in [-0.39, 0.29) is 5.41 Å². The Balaban J connectivity index is 1.65.